The second-order valence-electron chi connectivity index (χ2n) is 6.31. The summed E-state index contributed by atoms with van der Waals surface area (Å²) in [6, 6.07) is 21.5. The van der Waals surface area contributed by atoms with Crippen LogP contribution in [0.2, 0.25) is 0 Å². The van der Waals surface area contributed by atoms with Gasteiger partial charge in [0, 0.05) is 26.5 Å². The van der Waals surface area contributed by atoms with Gasteiger partial charge in [0.2, 0.25) is 0 Å². The minimum Gasteiger partial charge on any atom is -0.496 e. The molecule has 1 amide bonds. The van der Waals surface area contributed by atoms with Gasteiger partial charge in [-0.1, -0.05) is 42.1 Å². The van der Waals surface area contributed by atoms with Gasteiger partial charge >= 0.3 is 0 Å². The zero-order valence-electron chi connectivity index (χ0n) is 16.1. The average Bonchev–Trinajstić information content (AvgIpc) is 2.93. The van der Waals surface area contributed by atoms with Crippen molar-refractivity contribution in [2.24, 2.45) is 4.99 Å². The maximum absolute atomic E-state index is 12.3. The van der Waals surface area contributed by atoms with E-state index in [4.69, 9.17) is 14.6 Å². The zero-order chi connectivity index (χ0) is 20.2. The van der Waals surface area contributed by atoms with Gasteiger partial charge in [0.05, 0.1) is 25.1 Å². The fourth-order valence-electron chi connectivity index (χ4n) is 3.12. The average molecular weight is 404 g/mol. The Bertz CT molecular complexity index is 1090. The Morgan fingerprint density at radius 2 is 1.76 bits per heavy atom. The monoisotopic (exact) mass is 404 g/mol. The first-order valence-electron chi connectivity index (χ1n) is 9.26. The molecule has 29 heavy (non-hydrogen) atoms. The fraction of sp³-hybridized carbons (Fsp3) is 0.130. The summed E-state index contributed by atoms with van der Waals surface area (Å²) in [6.07, 6.45) is 0. The summed E-state index contributed by atoms with van der Waals surface area (Å²) in [5.74, 6) is 0.454. The number of hydrogen-bond donors (Lipinski definition) is 1. The van der Waals surface area contributed by atoms with E-state index in [9.17, 15) is 4.79 Å². The van der Waals surface area contributed by atoms with Crippen molar-refractivity contribution in [3.05, 3.63) is 83.4 Å². The number of fused-ring (bicyclic) bond motifs is 2. The van der Waals surface area contributed by atoms with Crippen LogP contribution in [0.15, 0.2) is 81.5 Å². The van der Waals surface area contributed by atoms with Gasteiger partial charge < -0.3 is 4.74 Å². The summed E-state index contributed by atoms with van der Waals surface area (Å²) >= 11 is 1.64. The number of aliphatic imine (C=N–C) groups is 1. The van der Waals surface area contributed by atoms with Crippen LogP contribution in [-0.4, -0.2) is 25.3 Å². The number of benzene rings is 3. The third-order valence-corrected chi connectivity index (χ3v) is 5.63. The number of nitrogens with one attached hydrogen (secondary N) is 1. The third kappa shape index (κ3) is 3.90. The number of ether oxygens (including phenoxy) is 1. The fourth-order valence-corrected chi connectivity index (χ4v) is 4.13. The highest BCUT2D eigenvalue weighted by Gasteiger charge is 2.21. The molecule has 1 aliphatic rings. The van der Waals surface area contributed by atoms with Crippen molar-refractivity contribution in [2.75, 3.05) is 13.7 Å². The molecule has 0 bridgehead atoms. The normalized spacial score (nSPS) is 12.3. The number of amides is 1. The van der Waals surface area contributed by atoms with Crippen LogP contribution in [0, 0.1) is 0 Å². The van der Waals surface area contributed by atoms with E-state index in [1.54, 1.807) is 31.0 Å². The first-order valence-corrected chi connectivity index (χ1v) is 10.1. The maximum atomic E-state index is 12.3. The van der Waals surface area contributed by atoms with Gasteiger partial charge in [-0.15, -0.1) is 0 Å². The molecule has 0 saturated carbocycles. The number of nitrogens with zero attached hydrogens (tertiary/aromatic N) is 1. The Balaban J connectivity index is 1.88. The van der Waals surface area contributed by atoms with Crippen molar-refractivity contribution in [3.8, 4) is 5.75 Å². The van der Waals surface area contributed by atoms with Gasteiger partial charge in [0.25, 0.3) is 5.91 Å². The van der Waals surface area contributed by atoms with E-state index >= 15 is 0 Å². The summed E-state index contributed by atoms with van der Waals surface area (Å²) in [7, 11) is 1.65. The molecule has 0 spiro atoms. The topological polar surface area (TPSA) is 59.9 Å². The second-order valence-corrected chi connectivity index (χ2v) is 7.39. The Labute approximate surface area is 173 Å². The lowest BCUT2D eigenvalue weighted by atomic mass is 10.0. The lowest BCUT2D eigenvalue weighted by Crippen LogP contribution is -2.23. The number of carbonyl (C=O) groups excluding carboxylic acids is 1. The summed E-state index contributed by atoms with van der Waals surface area (Å²) in [4.78, 5) is 24.4. The molecule has 3 aromatic carbocycles. The highest BCUT2D eigenvalue weighted by molar-refractivity contribution is 7.99. The number of carbonyl (C=O) groups is 1. The molecule has 0 fully saturated rings. The molecule has 0 saturated heterocycles. The summed E-state index contributed by atoms with van der Waals surface area (Å²) in [6.45, 7) is 2.22. The number of methoxy groups -OCH3 is 1. The van der Waals surface area contributed by atoms with E-state index in [1.165, 1.54) is 0 Å². The molecule has 1 N–H and O–H groups in total. The van der Waals surface area contributed by atoms with Crippen molar-refractivity contribution in [1.29, 1.82) is 0 Å². The minimum absolute atomic E-state index is 0.296. The first-order chi connectivity index (χ1) is 14.2. The number of hydrogen-bond acceptors (Lipinski definition) is 5. The van der Waals surface area contributed by atoms with E-state index in [0.29, 0.717) is 12.2 Å². The second kappa shape index (κ2) is 8.51. The van der Waals surface area contributed by atoms with Crippen molar-refractivity contribution < 1.29 is 14.4 Å². The molecule has 0 atom stereocenters. The molecule has 1 heterocycles. The number of rotatable bonds is 5. The molecule has 6 heteroatoms. The predicted octanol–water partition coefficient (Wildman–Crippen LogP) is 5.01. The number of para-hydroxylation sites is 1. The van der Waals surface area contributed by atoms with Crippen molar-refractivity contribution in [1.82, 2.24) is 5.48 Å². The van der Waals surface area contributed by atoms with Crippen LogP contribution in [0.4, 0.5) is 5.69 Å². The van der Waals surface area contributed by atoms with Crippen LogP contribution in [0.1, 0.15) is 28.4 Å². The Kier molecular flexibility index (Phi) is 5.64. The van der Waals surface area contributed by atoms with Crippen LogP contribution in [-0.2, 0) is 4.84 Å². The lowest BCUT2D eigenvalue weighted by molar-refractivity contribution is 0.0364. The Morgan fingerprint density at radius 1 is 1.00 bits per heavy atom. The van der Waals surface area contributed by atoms with Gasteiger partial charge in [-0.2, -0.15) is 0 Å². The Morgan fingerprint density at radius 3 is 2.55 bits per heavy atom. The molecular formula is C23H20N2O3S. The molecular weight excluding hydrogens is 384 g/mol. The van der Waals surface area contributed by atoms with Crippen LogP contribution in [0.5, 0.6) is 5.75 Å². The molecule has 5 nitrogen and oxygen atoms in total. The molecule has 3 aromatic rings. The molecule has 146 valence electrons. The smallest absolute Gasteiger partial charge is 0.274 e. The summed E-state index contributed by atoms with van der Waals surface area (Å²) < 4.78 is 5.58. The quantitative estimate of drug-likeness (QED) is 0.475. The van der Waals surface area contributed by atoms with Crippen LogP contribution < -0.4 is 10.2 Å². The minimum atomic E-state index is -0.296. The number of hydroxylamine groups is 1. The zero-order valence-corrected chi connectivity index (χ0v) is 17.0. The van der Waals surface area contributed by atoms with Gasteiger partial charge in [-0.3, -0.25) is 9.63 Å². The molecule has 0 aliphatic carbocycles. The van der Waals surface area contributed by atoms with E-state index in [-0.39, 0.29) is 5.91 Å². The van der Waals surface area contributed by atoms with Crippen LogP contribution in [0.25, 0.3) is 0 Å². The molecule has 4 rings (SSSR count). The summed E-state index contributed by atoms with van der Waals surface area (Å²) in [5, 5.41) is 0. The SMILES string of the molecule is CCONC(=O)c1ccc2c(c1)N=C(c1ccccc1OC)c1ccccc1S2. The lowest BCUT2D eigenvalue weighted by Gasteiger charge is -2.12. The van der Waals surface area contributed by atoms with Gasteiger partial charge in [0.15, 0.2) is 0 Å². The Hall–Kier alpha value is -3.09. The highest BCUT2D eigenvalue weighted by atomic mass is 32.2. The first kappa shape index (κ1) is 19.2. The predicted molar refractivity (Wildman–Crippen MR) is 114 cm³/mol. The van der Waals surface area contributed by atoms with E-state index in [0.717, 1.165) is 38.1 Å². The van der Waals surface area contributed by atoms with Crippen LogP contribution >= 0.6 is 11.8 Å². The van der Waals surface area contributed by atoms with E-state index < -0.39 is 0 Å². The molecule has 0 aromatic heterocycles. The molecule has 1 aliphatic heterocycles. The van der Waals surface area contributed by atoms with Crippen molar-refractivity contribution in [3.63, 3.8) is 0 Å². The summed E-state index contributed by atoms with van der Waals surface area (Å²) in [5.41, 5.74) is 6.40. The van der Waals surface area contributed by atoms with E-state index in [1.807, 2.05) is 49.4 Å². The van der Waals surface area contributed by atoms with Gasteiger partial charge in [0.1, 0.15) is 5.75 Å². The van der Waals surface area contributed by atoms with Crippen molar-refractivity contribution in [2.45, 2.75) is 16.7 Å². The third-order valence-electron chi connectivity index (χ3n) is 4.49. The largest absolute Gasteiger partial charge is 0.496 e. The molecule has 0 unspecified atom stereocenters. The van der Waals surface area contributed by atoms with Crippen LogP contribution in [0.3, 0.4) is 0 Å². The van der Waals surface area contributed by atoms with E-state index in [2.05, 4.69) is 17.6 Å². The molecule has 0 radical (unpaired) electrons. The van der Waals surface area contributed by atoms with Gasteiger partial charge in [-0.05, 0) is 43.3 Å². The van der Waals surface area contributed by atoms with Gasteiger partial charge in [-0.25, -0.2) is 10.5 Å². The highest BCUT2D eigenvalue weighted by Crippen LogP contribution is 2.42. The standard InChI is InChI=1S/C23H20N2O3S/c1-3-28-25-23(26)15-12-13-21-18(14-15)24-22(16-8-4-6-10-19(16)27-2)17-9-5-7-11-20(17)29-21/h4-14H,3H2,1-2H3,(H,25,26). The van der Waals surface area contributed by atoms with Crippen molar-refractivity contribution >= 4 is 29.1 Å². The maximum Gasteiger partial charge on any atom is 0.274 e.